The molecule has 0 unspecified atom stereocenters. The van der Waals surface area contributed by atoms with Gasteiger partial charge in [-0.25, -0.2) is 4.79 Å². The number of fused-ring (bicyclic) bond motifs is 1. The van der Waals surface area contributed by atoms with E-state index in [1.165, 1.54) is 4.90 Å². The minimum Gasteiger partial charge on any atom is -0.394 e. The Kier molecular flexibility index (Phi) is 4.59. The number of rotatable bonds is 3. The molecule has 0 saturated carbocycles. The first-order chi connectivity index (χ1) is 11.5. The standard InChI is InChI=1S/C15H17ClN4O4/c16-9-3-1-2-4-10(9)19-15(24)17-8-5-12-13(22)18-11(7-21)14(23)20(12)6-8/h1-4,8,11-12,21H,5-7H2,(H,18,22)(H2,17,19,24)/t8-,11+,12-/m0/s1. The molecule has 1 aromatic carbocycles. The molecule has 2 fully saturated rings. The monoisotopic (exact) mass is 352 g/mol. The summed E-state index contributed by atoms with van der Waals surface area (Å²) in [5.41, 5.74) is 0.474. The van der Waals surface area contributed by atoms with Crippen LogP contribution in [0.4, 0.5) is 10.5 Å². The van der Waals surface area contributed by atoms with Crippen molar-refractivity contribution >= 4 is 35.1 Å². The highest BCUT2D eigenvalue weighted by molar-refractivity contribution is 6.33. The van der Waals surface area contributed by atoms with E-state index in [1.807, 2.05) is 0 Å². The van der Waals surface area contributed by atoms with E-state index in [9.17, 15) is 14.4 Å². The normalized spacial score (nSPS) is 25.9. The molecule has 4 amide bonds. The van der Waals surface area contributed by atoms with Crippen LogP contribution in [0.3, 0.4) is 0 Å². The van der Waals surface area contributed by atoms with Crippen LogP contribution < -0.4 is 16.0 Å². The van der Waals surface area contributed by atoms with Crippen LogP contribution in [0.25, 0.3) is 0 Å². The van der Waals surface area contributed by atoms with Crippen LogP contribution in [0.2, 0.25) is 5.02 Å². The molecule has 2 aliphatic rings. The number of aliphatic hydroxyl groups excluding tert-OH is 1. The lowest BCUT2D eigenvalue weighted by atomic mass is 10.1. The highest BCUT2D eigenvalue weighted by Gasteiger charge is 2.46. The van der Waals surface area contributed by atoms with Gasteiger partial charge in [-0.15, -0.1) is 0 Å². The highest BCUT2D eigenvalue weighted by Crippen LogP contribution is 2.23. The first kappa shape index (κ1) is 16.5. The van der Waals surface area contributed by atoms with Gasteiger partial charge in [0.2, 0.25) is 11.8 Å². The molecular weight excluding hydrogens is 336 g/mol. The van der Waals surface area contributed by atoms with E-state index in [2.05, 4.69) is 16.0 Å². The zero-order valence-corrected chi connectivity index (χ0v) is 13.4. The van der Waals surface area contributed by atoms with E-state index < -0.39 is 24.7 Å². The Morgan fingerprint density at radius 2 is 2.12 bits per heavy atom. The number of nitrogens with zero attached hydrogens (tertiary/aromatic N) is 1. The molecule has 4 N–H and O–H groups in total. The minimum absolute atomic E-state index is 0.226. The number of halogens is 1. The van der Waals surface area contributed by atoms with Crippen molar-refractivity contribution in [2.75, 3.05) is 18.5 Å². The van der Waals surface area contributed by atoms with Gasteiger partial charge in [-0.1, -0.05) is 23.7 Å². The number of carbonyl (C=O) groups is 3. The highest BCUT2D eigenvalue weighted by atomic mass is 35.5. The maximum Gasteiger partial charge on any atom is 0.319 e. The molecule has 2 saturated heterocycles. The topological polar surface area (TPSA) is 111 Å². The molecule has 3 atom stereocenters. The zero-order valence-electron chi connectivity index (χ0n) is 12.7. The molecule has 2 aliphatic heterocycles. The molecule has 0 aromatic heterocycles. The summed E-state index contributed by atoms with van der Waals surface area (Å²) in [5.74, 6) is -0.651. The van der Waals surface area contributed by atoms with Gasteiger partial charge in [0.25, 0.3) is 0 Å². The summed E-state index contributed by atoms with van der Waals surface area (Å²) < 4.78 is 0. The Labute approximate surface area is 143 Å². The maximum absolute atomic E-state index is 12.2. The number of urea groups is 1. The molecule has 0 radical (unpaired) electrons. The van der Waals surface area contributed by atoms with Crippen LogP contribution in [-0.4, -0.2) is 59.1 Å². The van der Waals surface area contributed by atoms with Crippen LogP contribution in [0.15, 0.2) is 24.3 Å². The Hall–Kier alpha value is -2.32. The molecular formula is C15H17ClN4O4. The molecule has 3 rings (SSSR count). The van der Waals surface area contributed by atoms with E-state index in [0.29, 0.717) is 17.1 Å². The fourth-order valence-electron chi connectivity index (χ4n) is 2.99. The van der Waals surface area contributed by atoms with Gasteiger partial charge in [-0.2, -0.15) is 0 Å². The number of anilines is 1. The van der Waals surface area contributed by atoms with Crippen LogP contribution >= 0.6 is 11.6 Å². The van der Waals surface area contributed by atoms with Crippen molar-refractivity contribution in [3.63, 3.8) is 0 Å². The van der Waals surface area contributed by atoms with Gasteiger partial charge in [-0.3, -0.25) is 9.59 Å². The summed E-state index contributed by atoms with van der Waals surface area (Å²) >= 11 is 5.98. The number of hydrogen-bond donors (Lipinski definition) is 4. The number of para-hydroxylation sites is 1. The van der Waals surface area contributed by atoms with E-state index in [1.54, 1.807) is 24.3 Å². The van der Waals surface area contributed by atoms with Crippen molar-refractivity contribution in [3.05, 3.63) is 29.3 Å². The fourth-order valence-corrected chi connectivity index (χ4v) is 3.18. The van der Waals surface area contributed by atoms with Crippen molar-refractivity contribution in [1.82, 2.24) is 15.5 Å². The lowest BCUT2D eigenvalue weighted by Crippen LogP contribution is -2.62. The quantitative estimate of drug-likeness (QED) is 0.610. The molecule has 2 heterocycles. The van der Waals surface area contributed by atoms with Crippen molar-refractivity contribution in [2.45, 2.75) is 24.5 Å². The first-order valence-electron chi connectivity index (χ1n) is 7.53. The maximum atomic E-state index is 12.2. The fraction of sp³-hybridized carbons (Fsp3) is 0.400. The lowest BCUT2D eigenvalue weighted by molar-refractivity contribution is -0.148. The number of nitrogens with one attached hydrogen (secondary N) is 3. The van der Waals surface area contributed by atoms with Gasteiger partial charge in [0.1, 0.15) is 12.1 Å². The minimum atomic E-state index is -0.913. The Morgan fingerprint density at radius 3 is 2.83 bits per heavy atom. The second-order valence-corrected chi connectivity index (χ2v) is 6.17. The molecule has 0 aliphatic carbocycles. The van der Waals surface area contributed by atoms with Crippen molar-refractivity contribution in [2.24, 2.45) is 0 Å². The zero-order chi connectivity index (χ0) is 17.3. The van der Waals surface area contributed by atoms with Crippen LogP contribution in [0, 0.1) is 0 Å². The van der Waals surface area contributed by atoms with Gasteiger partial charge in [0, 0.05) is 6.54 Å². The summed E-state index contributed by atoms with van der Waals surface area (Å²) in [6.07, 6.45) is 0.325. The number of benzene rings is 1. The molecule has 0 bridgehead atoms. The van der Waals surface area contributed by atoms with E-state index in [4.69, 9.17) is 16.7 Å². The Morgan fingerprint density at radius 1 is 1.38 bits per heavy atom. The van der Waals surface area contributed by atoms with Crippen LogP contribution in [-0.2, 0) is 9.59 Å². The molecule has 128 valence electrons. The van der Waals surface area contributed by atoms with Gasteiger partial charge in [0.05, 0.1) is 23.4 Å². The molecule has 8 nitrogen and oxygen atoms in total. The number of carbonyl (C=O) groups excluding carboxylic acids is 3. The number of hydrogen-bond acceptors (Lipinski definition) is 4. The molecule has 24 heavy (non-hydrogen) atoms. The van der Waals surface area contributed by atoms with Gasteiger partial charge in [-0.05, 0) is 18.6 Å². The average molecular weight is 353 g/mol. The Bertz CT molecular complexity index is 683. The third kappa shape index (κ3) is 3.15. The van der Waals surface area contributed by atoms with Crippen LogP contribution in [0.5, 0.6) is 0 Å². The summed E-state index contributed by atoms with van der Waals surface area (Å²) in [6.45, 7) is -0.220. The number of amides is 4. The molecule has 0 spiro atoms. The first-order valence-corrected chi connectivity index (χ1v) is 7.91. The Balaban J connectivity index is 1.62. The van der Waals surface area contributed by atoms with E-state index >= 15 is 0 Å². The summed E-state index contributed by atoms with van der Waals surface area (Å²) in [6, 6.07) is 4.48. The van der Waals surface area contributed by atoms with Crippen molar-refractivity contribution in [3.8, 4) is 0 Å². The largest absolute Gasteiger partial charge is 0.394 e. The SMILES string of the molecule is O=C(Nc1ccccc1Cl)N[C@H]1C[C@H]2C(=O)N[C@H](CO)C(=O)N2C1. The predicted molar refractivity (Wildman–Crippen MR) is 86.5 cm³/mol. The second-order valence-electron chi connectivity index (χ2n) is 5.76. The number of aliphatic hydroxyl groups is 1. The van der Waals surface area contributed by atoms with Gasteiger partial charge in [0.15, 0.2) is 0 Å². The third-order valence-corrected chi connectivity index (χ3v) is 4.47. The second kappa shape index (κ2) is 6.66. The summed E-state index contributed by atoms with van der Waals surface area (Å²) in [5, 5.41) is 17.4. The van der Waals surface area contributed by atoms with E-state index in [-0.39, 0.29) is 24.4 Å². The summed E-state index contributed by atoms with van der Waals surface area (Å²) in [4.78, 5) is 37.6. The smallest absolute Gasteiger partial charge is 0.319 e. The lowest BCUT2D eigenvalue weighted by Gasteiger charge is -2.33. The molecule has 1 aromatic rings. The van der Waals surface area contributed by atoms with Crippen molar-refractivity contribution < 1.29 is 19.5 Å². The van der Waals surface area contributed by atoms with Crippen molar-refractivity contribution in [1.29, 1.82) is 0 Å². The molecule has 9 heteroatoms. The van der Waals surface area contributed by atoms with Crippen LogP contribution in [0.1, 0.15) is 6.42 Å². The van der Waals surface area contributed by atoms with E-state index in [0.717, 1.165) is 0 Å². The average Bonchev–Trinajstić information content (AvgIpc) is 2.97. The predicted octanol–water partition coefficient (Wildman–Crippen LogP) is -0.0783. The van der Waals surface area contributed by atoms with Gasteiger partial charge < -0.3 is 26.0 Å². The number of piperazine rings is 1. The summed E-state index contributed by atoms with van der Waals surface area (Å²) in [7, 11) is 0. The van der Waals surface area contributed by atoms with Gasteiger partial charge >= 0.3 is 6.03 Å². The third-order valence-electron chi connectivity index (χ3n) is 4.14.